The van der Waals surface area contributed by atoms with Gasteiger partial charge in [0.15, 0.2) is 6.10 Å². The van der Waals surface area contributed by atoms with Crippen LogP contribution in [0, 0.1) is 23.7 Å². The number of nitrogens with zero attached hydrogens (tertiary/aromatic N) is 3. The van der Waals surface area contributed by atoms with Crippen molar-refractivity contribution in [1.29, 1.82) is 0 Å². The maximum atomic E-state index is 14.8. The van der Waals surface area contributed by atoms with Crippen molar-refractivity contribution in [2.75, 3.05) is 34.3 Å². The molecular formula is C51H79N7O12. The largest absolute Gasteiger partial charge is 0.497 e. The van der Waals surface area contributed by atoms with Crippen molar-refractivity contribution in [2.45, 2.75) is 168 Å². The van der Waals surface area contributed by atoms with Crippen LogP contribution in [0.3, 0.4) is 0 Å². The van der Waals surface area contributed by atoms with Gasteiger partial charge in [0.25, 0.3) is 5.91 Å². The van der Waals surface area contributed by atoms with Crippen molar-refractivity contribution < 1.29 is 57.7 Å². The van der Waals surface area contributed by atoms with Crippen molar-refractivity contribution in [3.05, 3.63) is 42.0 Å². The molecular weight excluding hydrogens is 903 g/mol. The zero-order valence-electron chi connectivity index (χ0n) is 43.2. The SMILES string of the molecule is CCC(C)[C@@H]1NC(=O)[C@H](NC(=O)[C@@H](CC(C)C)N(C)C(=O)C2C=CCN2)[C@H](C)OC(=O)[C@H](Cc2ccc(OC)cc2)N(C)C(=O)[C@@H]2CCCN2C(=O)[C@H](CC(C)C)NC(=O)[C@H](C(C)C)OC(=O)C[C@@H]1O. The topological polar surface area (TPSA) is 242 Å². The molecule has 1 aromatic carbocycles. The van der Waals surface area contributed by atoms with Gasteiger partial charge in [0.2, 0.25) is 29.5 Å². The Hall–Kier alpha value is -5.56. The summed E-state index contributed by atoms with van der Waals surface area (Å²) < 4.78 is 17.2. The fourth-order valence-electron chi connectivity index (χ4n) is 9.16. The number of esters is 2. The van der Waals surface area contributed by atoms with E-state index in [-0.39, 0.29) is 50.0 Å². The van der Waals surface area contributed by atoms with E-state index >= 15 is 0 Å². The van der Waals surface area contributed by atoms with Gasteiger partial charge in [0, 0.05) is 33.6 Å². The van der Waals surface area contributed by atoms with Crippen LogP contribution in [0.4, 0.5) is 0 Å². The molecule has 70 heavy (non-hydrogen) atoms. The van der Waals surface area contributed by atoms with Gasteiger partial charge in [0.1, 0.15) is 48.1 Å². The summed E-state index contributed by atoms with van der Waals surface area (Å²) in [5.41, 5.74) is 0.625. The van der Waals surface area contributed by atoms with Gasteiger partial charge in [-0.15, -0.1) is 0 Å². The summed E-state index contributed by atoms with van der Waals surface area (Å²) in [7, 11) is 4.46. The third-order valence-corrected chi connectivity index (χ3v) is 13.5. The first-order valence-electron chi connectivity index (χ1n) is 24.8. The first-order chi connectivity index (χ1) is 33.0. The van der Waals surface area contributed by atoms with E-state index in [0.29, 0.717) is 30.7 Å². The molecule has 4 rings (SSSR count). The fraction of sp³-hybridized carbons (Fsp3) is 0.686. The summed E-state index contributed by atoms with van der Waals surface area (Å²) in [6.07, 6.45) is -0.0250. The highest BCUT2D eigenvalue weighted by atomic mass is 16.6. The minimum absolute atomic E-state index is 0.0619. The van der Waals surface area contributed by atoms with Gasteiger partial charge in [0.05, 0.1) is 25.7 Å². The highest BCUT2D eigenvalue weighted by Crippen LogP contribution is 2.26. The van der Waals surface area contributed by atoms with Crippen LogP contribution in [0.5, 0.6) is 5.75 Å². The molecule has 19 heteroatoms. The average Bonchev–Trinajstić information content (AvgIpc) is 4.04. The second-order valence-electron chi connectivity index (χ2n) is 20.3. The van der Waals surface area contributed by atoms with Gasteiger partial charge >= 0.3 is 11.9 Å². The van der Waals surface area contributed by atoms with E-state index in [1.165, 1.54) is 42.8 Å². The minimum Gasteiger partial charge on any atom is -0.497 e. The Morgan fingerprint density at radius 1 is 0.943 bits per heavy atom. The first-order valence-corrected chi connectivity index (χ1v) is 24.8. The summed E-state index contributed by atoms with van der Waals surface area (Å²) in [4.78, 5) is 119. The number of carbonyl (C=O) groups excluding carboxylic acids is 8. The number of nitrogens with one attached hydrogen (secondary N) is 4. The third-order valence-electron chi connectivity index (χ3n) is 13.5. The van der Waals surface area contributed by atoms with Crippen molar-refractivity contribution in [2.24, 2.45) is 23.7 Å². The van der Waals surface area contributed by atoms with Crippen LogP contribution in [0.25, 0.3) is 0 Å². The lowest BCUT2D eigenvalue weighted by Gasteiger charge is -2.36. The Balaban J connectivity index is 1.86. The van der Waals surface area contributed by atoms with E-state index in [4.69, 9.17) is 14.2 Å². The molecule has 390 valence electrons. The van der Waals surface area contributed by atoms with Gasteiger partial charge in [-0.2, -0.15) is 0 Å². The number of benzene rings is 1. The van der Waals surface area contributed by atoms with E-state index in [1.807, 2.05) is 34.6 Å². The number of aliphatic hydroxyl groups is 1. The Bertz CT molecular complexity index is 2030. The normalized spacial score (nSPS) is 27.6. The summed E-state index contributed by atoms with van der Waals surface area (Å²) >= 11 is 0. The average molecular weight is 982 g/mol. The molecule has 3 heterocycles. The van der Waals surface area contributed by atoms with Crippen LogP contribution in [0.2, 0.25) is 0 Å². The molecule has 3 aliphatic rings. The van der Waals surface area contributed by atoms with Crippen molar-refractivity contribution in [3.8, 4) is 5.75 Å². The Morgan fingerprint density at radius 3 is 2.19 bits per heavy atom. The Morgan fingerprint density at radius 2 is 1.61 bits per heavy atom. The van der Waals surface area contributed by atoms with Crippen LogP contribution in [-0.4, -0.2) is 162 Å². The van der Waals surface area contributed by atoms with E-state index in [0.717, 1.165) is 0 Å². The Labute approximate surface area is 413 Å². The Kier molecular flexibility index (Phi) is 21.2. The molecule has 0 aromatic heterocycles. The predicted octanol–water partition coefficient (Wildman–Crippen LogP) is 2.27. The molecule has 2 fully saturated rings. The van der Waals surface area contributed by atoms with Gasteiger partial charge in [-0.1, -0.05) is 86.1 Å². The standard InChI is InChI=1S/C51H79N7O12/c1-13-31(8)42-40(59)27-41(60)70-44(30(6)7)47(63)53-36(24-28(2)3)49(65)58-23-15-17-37(58)50(66)57(11)39(26-33-18-20-34(68-12)21-19-33)51(67)69-32(9)43(46(62)54-42)55-45(61)38(25-29(4)5)56(10)48(64)35-16-14-22-52-35/h14,16,18-21,28-32,35-40,42-44,52,59H,13,15,17,22-27H2,1-12H3,(H,53,63)(H,54,62)(H,55,61)/t31?,32-,35?,36-,37-,38+,39-,40-,42-,43+,44-/m0/s1. The molecule has 11 atom stereocenters. The zero-order valence-corrected chi connectivity index (χ0v) is 43.2. The lowest BCUT2D eigenvalue weighted by Crippen LogP contribution is -2.62. The molecule has 2 saturated heterocycles. The molecule has 5 N–H and O–H groups in total. The molecule has 1 aromatic rings. The third kappa shape index (κ3) is 15.0. The number of aliphatic hydroxyl groups excluding tert-OH is 1. The van der Waals surface area contributed by atoms with Crippen LogP contribution < -0.4 is 26.0 Å². The highest BCUT2D eigenvalue weighted by molar-refractivity contribution is 5.96. The maximum Gasteiger partial charge on any atom is 0.329 e. The van der Waals surface area contributed by atoms with Crippen molar-refractivity contribution in [1.82, 2.24) is 36.0 Å². The lowest BCUT2D eigenvalue weighted by atomic mass is 9.92. The van der Waals surface area contributed by atoms with Gasteiger partial charge in [-0.05, 0) is 74.0 Å². The van der Waals surface area contributed by atoms with Crippen LogP contribution in [-0.2, 0) is 54.3 Å². The molecule has 3 aliphatic heterocycles. The first kappa shape index (κ1) is 57.0. The van der Waals surface area contributed by atoms with E-state index < -0.39 is 120 Å². The number of ether oxygens (including phenoxy) is 3. The van der Waals surface area contributed by atoms with E-state index in [2.05, 4.69) is 21.3 Å². The van der Waals surface area contributed by atoms with Crippen LogP contribution >= 0.6 is 0 Å². The molecule has 2 unspecified atom stereocenters. The number of cyclic esters (lactones) is 2. The molecule has 0 spiro atoms. The van der Waals surface area contributed by atoms with Crippen molar-refractivity contribution >= 4 is 47.4 Å². The van der Waals surface area contributed by atoms with Gasteiger partial charge < -0.3 is 50.0 Å². The van der Waals surface area contributed by atoms with Crippen LogP contribution in [0.1, 0.15) is 106 Å². The summed E-state index contributed by atoms with van der Waals surface area (Å²) in [6, 6.07) is -1.09. The molecule has 0 bridgehead atoms. The number of methoxy groups -OCH3 is 1. The predicted molar refractivity (Wildman–Crippen MR) is 261 cm³/mol. The maximum absolute atomic E-state index is 14.8. The molecule has 19 nitrogen and oxygen atoms in total. The number of carbonyl (C=O) groups is 8. The quantitative estimate of drug-likeness (QED) is 0.133. The second kappa shape index (κ2) is 26.1. The monoisotopic (exact) mass is 982 g/mol. The smallest absolute Gasteiger partial charge is 0.329 e. The zero-order chi connectivity index (χ0) is 52.1. The van der Waals surface area contributed by atoms with E-state index in [9.17, 15) is 43.5 Å². The molecule has 0 radical (unpaired) electrons. The second-order valence-corrected chi connectivity index (χ2v) is 20.3. The molecule has 0 saturated carbocycles. The van der Waals surface area contributed by atoms with Gasteiger partial charge in [-0.3, -0.25) is 38.9 Å². The number of amides is 6. The number of hydrogen-bond acceptors (Lipinski definition) is 13. The van der Waals surface area contributed by atoms with Crippen LogP contribution in [0.15, 0.2) is 36.4 Å². The number of hydrogen-bond donors (Lipinski definition) is 5. The minimum atomic E-state index is -1.64. The summed E-state index contributed by atoms with van der Waals surface area (Å²) in [5, 5.41) is 23.2. The summed E-state index contributed by atoms with van der Waals surface area (Å²) in [6.45, 7) is 16.5. The number of fused-ring (bicyclic) bond motifs is 1. The molecule has 0 aliphatic carbocycles. The number of rotatable bonds is 14. The van der Waals surface area contributed by atoms with E-state index in [1.54, 1.807) is 57.2 Å². The van der Waals surface area contributed by atoms with Gasteiger partial charge in [-0.25, -0.2) is 4.79 Å². The lowest BCUT2D eigenvalue weighted by molar-refractivity contribution is -0.162. The highest BCUT2D eigenvalue weighted by Gasteiger charge is 2.44. The molecule has 6 amide bonds. The number of likely N-dealkylation sites (N-methyl/N-ethyl adjacent to an activating group) is 2. The fourth-order valence-corrected chi connectivity index (χ4v) is 9.16. The summed E-state index contributed by atoms with van der Waals surface area (Å²) in [5.74, 6) is -6.29. The van der Waals surface area contributed by atoms with Crippen molar-refractivity contribution in [3.63, 3.8) is 0 Å².